The van der Waals surface area contributed by atoms with E-state index in [1.165, 1.54) is 11.1 Å². The summed E-state index contributed by atoms with van der Waals surface area (Å²) in [6.07, 6.45) is 2.66. The van der Waals surface area contributed by atoms with E-state index in [0.717, 1.165) is 12.2 Å². The quantitative estimate of drug-likeness (QED) is 0.841. The maximum atomic E-state index is 5.85. The van der Waals surface area contributed by atoms with Gasteiger partial charge in [-0.05, 0) is 18.6 Å². The Kier molecular flexibility index (Phi) is 2.24. The lowest BCUT2D eigenvalue weighted by atomic mass is 10.1. The van der Waals surface area contributed by atoms with Crippen molar-refractivity contribution in [2.24, 2.45) is 0 Å². The number of benzene rings is 1. The van der Waals surface area contributed by atoms with E-state index >= 15 is 0 Å². The summed E-state index contributed by atoms with van der Waals surface area (Å²) in [6, 6.07) is 6.26. The van der Waals surface area contributed by atoms with Gasteiger partial charge in [0, 0.05) is 6.42 Å². The van der Waals surface area contributed by atoms with Gasteiger partial charge in [0.05, 0.1) is 6.54 Å². The van der Waals surface area contributed by atoms with Gasteiger partial charge in [-0.25, -0.2) is 9.67 Å². The Bertz CT molecular complexity index is 547. The van der Waals surface area contributed by atoms with Crippen LogP contribution < -0.4 is 10.5 Å². The van der Waals surface area contributed by atoms with E-state index in [4.69, 9.17) is 10.5 Å². The van der Waals surface area contributed by atoms with E-state index in [0.29, 0.717) is 12.5 Å². The molecule has 0 saturated carbocycles. The van der Waals surface area contributed by atoms with Crippen LogP contribution in [0.3, 0.4) is 0 Å². The zero-order chi connectivity index (χ0) is 11.8. The van der Waals surface area contributed by atoms with E-state index in [1.807, 2.05) is 6.07 Å². The molecule has 0 bridgehead atoms. The zero-order valence-electron chi connectivity index (χ0n) is 9.63. The summed E-state index contributed by atoms with van der Waals surface area (Å²) in [5.41, 5.74) is 8.00. The second-order valence-electron chi connectivity index (χ2n) is 4.38. The first-order valence-electron chi connectivity index (χ1n) is 5.62. The molecule has 88 valence electrons. The molecule has 5 heteroatoms. The van der Waals surface area contributed by atoms with E-state index in [-0.39, 0.29) is 6.10 Å². The van der Waals surface area contributed by atoms with Crippen LogP contribution in [0.25, 0.3) is 0 Å². The van der Waals surface area contributed by atoms with Gasteiger partial charge >= 0.3 is 0 Å². The average Bonchev–Trinajstić information content (AvgIpc) is 2.84. The van der Waals surface area contributed by atoms with Gasteiger partial charge in [0.15, 0.2) is 0 Å². The molecule has 1 atom stereocenters. The van der Waals surface area contributed by atoms with E-state index in [1.54, 1.807) is 11.0 Å². The second kappa shape index (κ2) is 3.76. The number of anilines is 1. The highest BCUT2D eigenvalue weighted by molar-refractivity contribution is 5.40. The van der Waals surface area contributed by atoms with Crippen LogP contribution in [-0.2, 0) is 13.0 Å². The van der Waals surface area contributed by atoms with Gasteiger partial charge in [-0.1, -0.05) is 17.7 Å². The zero-order valence-corrected chi connectivity index (χ0v) is 9.63. The van der Waals surface area contributed by atoms with Gasteiger partial charge in [0.25, 0.3) is 0 Å². The summed E-state index contributed by atoms with van der Waals surface area (Å²) in [4.78, 5) is 3.90. The number of hydrogen-bond donors (Lipinski definition) is 1. The predicted octanol–water partition coefficient (Wildman–Crippen LogP) is 1.17. The smallest absolute Gasteiger partial charge is 0.239 e. The van der Waals surface area contributed by atoms with Gasteiger partial charge in [-0.2, -0.15) is 0 Å². The van der Waals surface area contributed by atoms with Crippen molar-refractivity contribution in [3.63, 3.8) is 0 Å². The summed E-state index contributed by atoms with van der Waals surface area (Å²) in [6.45, 7) is 2.77. The highest BCUT2D eigenvalue weighted by atomic mass is 16.5. The molecule has 1 unspecified atom stereocenters. The molecular weight excluding hydrogens is 216 g/mol. The Morgan fingerprint density at radius 3 is 3.18 bits per heavy atom. The number of fused-ring (bicyclic) bond motifs is 1. The number of nitrogens with two attached hydrogens (primary N) is 1. The fourth-order valence-electron chi connectivity index (χ4n) is 2.16. The summed E-state index contributed by atoms with van der Waals surface area (Å²) in [5, 5.41) is 4.06. The van der Waals surface area contributed by atoms with Crippen molar-refractivity contribution in [3.8, 4) is 5.75 Å². The van der Waals surface area contributed by atoms with Crippen LogP contribution in [0.1, 0.15) is 11.1 Å². The highest BCUT2D eigenvalue weighted by Gasteiger charge is 2.23. The molecule has 0 aliphatic carbocycles. The molecule has 0 radical (unpaired) electrons. The number of aryl methyl sites for hydroxylation is 1. The third-order valence-corrected chi connectivity index (χ3v) is 2.90. The number of rotatable bonds is 2. The van der Waals surface area contributed by atoms with Crippen LogP contribution in [0.4, 0.5) is 5.95 Å². The number of aromatic nitrogens is 3. The summed E-state index contributed by atoms with van der Waals surface area (Å²) < 4.78 is 7.57. The molecule has 0 saturated heterocycles. The SMILES string of the molecule is Cc1ccc2c(c1)CC(Cn1cnc(N)n1)O2. The van der Waals surface area contributed by atoms with E-state index in [2.05, 4.69) is 29.1 Å². The lowest BCUT2D eigenvalue weighted by Crippen LogP contribution is -2.21. The normalized spacial score (nSPS) is 17.8. The molecule has 1 aliphatic heterocycles. The molecule has 17 heavy (non-hydrogen) atoms. The number of nitrogen functional groups attached to an aromatic ring is 1. The van der Waals surface area contributed by atoms with Crippen molar-refractivity contribution >= 4 is 5.95 Å². The summed E-state index contributed by atoms with van der Waals surface area (Å²) in [7, 11) is 0. The lowest BCUT2D eigenvalue weighted by Gasteiger charge is -2.09. The van der Waals surface area contributed by atoms with Crippen molar-refractivity contribution in [2.45, 2.75) is 26.0 Å². The maximum Gasteiger partial charge on any atom is 0.239 e. The minimum atomic E-state index is 0.118. The van der Waals surface area contributed by atoms with E-state index in [9.17, 15) is 0 Å². The Balaban J connectivity index is 1.74. The Labute approximate surface area is 99.2 Å². The van der Waals surface area contributed by atoms with Crippen LogP contribution >= 0.6 is 0 Å². The van der Waals surface area contributed by atoms with Gasteiger partial charge in [0.1, 0.15) is 18.2 Å². The van der Waals surface area contributed by atoms with Gasteiger partial charge in [-0.3, -0.25) is 0 Å². The van der Waals surface area contributed by atoms with Crippen LogP contribution in [0, 0.1) is 6.92 Å². The molecule has 1 aliphatic rings. The van der Waals surface area contributed by atoms with E-state index < -0.39 is 0 Å². The van der Waals surface area contributed by atoms with Crippen molar-refractivity contribution in [1.29, 1.82) is 0 Å². The minimum Gasteiger partial charge on any atom is -0.488 e. The summed E-state index contributed by atoms with van der Waals surface area (Å²) >= 11 is 0. The fraction of sp³-hybridized carbons (Fsp3) is 0.333. The lowest BCUT2D eigenvalue weighted by molar-refractivity contribution is 0.203. The molecule has 1 aromatic heterocycles. The van der Waals surface area contributed by atoms with Crippen molar-refractivity contribution in [2.75, 3.05) is 5.73 Å². The third kappa shape index (κ3) is 1.95. The first-order chi connectivity index (χ1) is 8.20. The molecule has 0 spiro atoms. The third-order valence-electron chi connectivity index (χ3n) is 2.90. The summed E-state index contributed by atoms with van der Waals surface area (Å²) in [5.74, 6) is 1.28. The number of nitrogens with zero attached hydrogens (tertiary/aromatic N) is 3. The fourth-order valence-corrected chi connectivity index (χ4v) is 2.16. The van der Waals surface area contributed by atoms with Crippen molar-refractivity contribution in [3.05, 3.63) is 35.7 Å². The standard InChI is InChI=1S/C12H14N4O/c1-8-2-3-11-9(4-8)5-10(17-11)6-16-7-14-12(13)15-16/h2-4,7,10H,5-6H2,1H3,(H2,13,15). The minimum absolute atomic E-state index is 0.118. The number of hydrogen-bond acceptors (Lipinski definition) is 4. The second-order valence-corrected chi connectivity index (χ2v) is 4.38. The molecule has 3 rings (SSSR count). The molecule has 0 amide bonds. The van der Waals surface area contributed by atoms with Crippen LogP contribution in [0.15, 0.2) is 24.5 Å². The molecule has 2 heterocycles. The molecule has 1 aromatic carbocycles. The monoisotopic (exact) mass is 230 g/mol. The van der Waals surface area contributed by atoms with Crippen LogP contribution in [0.2, 0.25) is 0 Å². The number of ether oxygens (including phenoxy) is 1. The molecule has 0 fully saturated rings. The highest BCUT2D eigenvalue weighted by Crippen LogP contribution is 2.29. The van der Waals surface area contributed by atoms with Crippen LogP contribution in [0.5, 0.6) is 5.75 Å². The topological polar surface area (TPSA) is 66.0 Å². The van der Waals surface area contributed by atoms with Gasteiger partial charge in [0.2, 0.25) is 5.95 Å². The van der Waals surface area contributed by atoms with Gasteiger partial charge < -0.3 is 10.5 Å². The first kappa shape index (κ1) is 10.1. The molecule has 2 aromatic rings. The predicted molar refractivity (Wildman–Crippen MR) is 63.7 cm³/mol. The van der Waals surface area contributed by atoms with Crippen molar-refractivity contribution < 1.29 is 4.74 Å². The van der Waals surface area contributed by atoms with Crippen LogP contribution in [-0.4, -0.2) is 20.9 Å². The Morgan fingerprint density at radius 1 is 1.53 bits per heavy atom. The molecular formula is C12H14N4O. The molecule has 2 N–H and O–H groups in total. The van der Waals surface area contributed by atoms with Crippen molar-refractivity contribution in [1.82, 2.24) is 14.8 Å². The maximum absolute atomic E-state index is 5.85. The molecule has 5 nitrogen and oxygen atoms in total. The largest absolute Gasteiger partial charge is 0.488 e. The first-order valence-corrected chi connectivity index (χ1v) is 5.62. The average molecular weight is 230 g/mol. The Hall–Kier alpha value is -2.04. The van der Waals surface area contributed by atoms with Gasteiger partial charge in [-0.15, -0.1) is 5.10 Å². The Morgan fingerprint density at radius 2 is 2.41 bits per heavy atom.